The molecule has 1 saturated heterocycles. The summed E-state index contributed by atoms with van der Waals surface area (Å²) in [7, 11) is 0. The number of nitrogens with one attached hydrogen (secondary N) is 3. The summed E-state index contributed by atoms with van der Waals surface area (Å²) in [5, 5.41) is 8.85. The van der Waals surface area contributed by atoms with Gasteiger partial charge in [-0.15, -0.1) is 0 Å². The van der Waals surface area contributed by atoms with E-state index in [0.29, 0.717) is 25.3 Å². The summed E-state index contributed by atoms with van der Waals surface area (Å²) >= 11 is 0. The Morgan fingerprint density at radius 2 is 1.97 bits per heavy atom. The topological polar surface area (TPSA) is 105 Å². The predicted octanol–water partition coefficient (Wildman–Crippen LogP) is 2.93. The van der Waals surface area contributed by atoms with E-state index >= 15 is 0 Å². The SMILES string of the molecule is O=C(NCCCCCC(OCCN1CCOCC1)C(=O)NC1CCCCC1)Nc1cccnc1. The van der Waals surface area contributed by atoms with Crippen molar-refractivity contribution in [1.29, 1.82) is 0 Å². The van der Waals surface area contributed by atoms with Crippen molar-refractivity contribution < 1.29 is 19.1 Å². The smallest absolute Gasteiger partial charge is 0.319 e. The molecule has 1 aromatic rings. The van der Waals surface area contributed by atoms with Crippen molar-refractivity contribution in [3.05, 3.63) is 24.5 Å². The third-order valence-electron chi connectivity index (χ3n) is 6.42. The number of ether oxygens (including phenoxy) is 2. The van der Waals surface area contributed by atoms with Gasteiger partial charge in [0.05, 0.1) is 31.7 Å². The minimum absolute atomic E-state index is 0.0304. The van der Waals surface area contributed by atoms with Gasteiger partial charge in [0.15, 0.2) is 0 Å². The average molecular weight is 476 g/mol. The average Bonchev–Trinajstić information content (AvgIpc) is 2.87. The number of rotatable bonds is 13. The molecule has 1 atom stereocenters. The van der Waals surface area contributed by atoms with Crippen LogP contribution >= 0.6 is 0 Å². The fourth-order valence-corrected chi connectivity index (χ4v) is 4.43. The van der Waals surface area contributed by atoms with E-state index in [-0.39, 0.29) is 18.0 Å². The Labute approximate surface area is 203 Å². The molecule has 9 nitrogen and oxygen atoms in total. The van der Waals surface area contributed by atoms with Crippen LogP contribution < -0.4 is 16.0 Å². The van der Waals surface area contributed by atoms with Crippen LogP contribution in [0.4, 0.5) is 10.5 Å². The van der Waals surface area contributed by atoms with Crippen LogP contribution in [0.15, 0.2) is 24.5 Å². The van der Waals surface area contributed by atoms with Gasteiger partial charge in [-0.3, -0.25) is 14.7 Å². The minimum atomic E-state index is -0.412. The van der Waals surface area contributed by atoms with Crippen molar-refractivity contribution >= 4 is 17.6 Å². The molecule has 3 rings (SSSR count). The second-order valence-electron chi connectivity index (χ2n) is 9.13. The second kappa shape index (κ2) is 15.6. The van der Waals surface area contributed by atoms with E-state index in [1.807, 2.05) is 0 Å². The Balaban J connectivity index is 1.33. The number of hydrogen-bond acceptors (Lipinski definition) is 6. The van der Waals surface area contributed by atoms with Crippen LogP contribution in [-0.4, -0.2) is 80.0 Å². The van der Waals surface area contributed by atoms with Crippen molar-refractivity contribution in [3.63, 3.8) is 0 Å². The normalized spacial score (nSPS) is 18.2. The van der Waals surface area contributed by atoms with E-state index in [0.717, 1.165) is 65.0 Å². The third kappa shape index (κ3) is 10.4. The molecule has 190 valence electrons. The van der Waals surface area contributed by atoms with Crippen LogP contribution in [0.25, 0.3) is 0 Å². The number of aromatic nitrogens is 1. The standard InChI is InChI=1S/C25H41N5O4/c31-24(28-21-8-3-1-4-9-21)23(34-19-16-30-14-17-33-18-15-30)11-5-2-6-13-27-25(32)29-22-10-7-12-26-20-22/h7,10,12,20-21,23H,1-6,8-9,11,13-19H2,(H,28,31)(H2,27,29,32). The van der Waals surface area contributed by atoms with Gasteiger partial charge in [-0.1, -0.05) is 32.1 Å². The Morgan fingerprint density at radius 3 is 2.74 bits per heavy atom. The molecule has 0 spiro atoms. The first-order valence-electron chi connectivity index (χ1n) is 12.9. The molecule has 0 bridgehead atoms. The molecule has 1 saturated carbocycles. The lowest BCUT2D eigenvalue weighted by molar-refractivity contribution is -0.134. The number of unbranched alkanes of at least 4 members (excludes halogenated alkanes) is 2. The molecule has 1 aliphatic carbocycles. The van der Waals surface area contributed by atoms with Crippen LogP contribution in [0.1, 0.15) is 57.8 Å². The lowest BCUT2D eigenvalue weighted by Gasteiger charge is -2.28. The summed E-state index contributed by atoms with van der Waals surface area (Å²) in [5.74, 6) is 0.0304. The van der Waals surface area contributed by atoms with E-state index in [2.05, 4.69) is 25.8 Å². The first-order valence-corrected chi connectivity index (χ1v) is 12.9. The second-order valence-corrected chi connectivity index (χ2v) is 9.13. The lowest BCUT2D eigenvalue weighted by Crippen LogP contribution is -2.44. The van der Waals surface area contributed by atoms with E-state index in [1.54, 1.807) is 24.5 Å². The highest BCUT2D eigenvalue weighted by Crippen LogP contribution is 2.18. The minimum Gasteiger partial charge on any atom is -0.379 e. The molecular weight excluding hydrogens is 434 g/mol. The van der Waals surface area contributed by atoms with Crippen LogP contribution in [0.3, 0.4) is 0 Å². The zero-order valence-corrected chi connectivity index (χ0v) is 20.3. The van der Waals surface area contributed by atoms with Gasteiger partial charge in [-0.2, -0.15) is 0 Å². The molecule has 34 heavy (non-hydrogen) atoms. The highest BCUT2D eigenvalue weighted by atomic mass is 16.5. The zero-order chi connectivity index (χ0) is 23.8. The van der Waals surface area contributed by atoms with Crippen molar-refractivity contribution in [3.8, 4) is 0 Å². The highest BCUT2D eigenvalue weighted by molar-refractivity contribution is 5.88. The van der Waals surface area contributed by atoms with Gasteiger partial charge in [-0.05, 0) is 37.8 Å². The largest absolute Gasteiger partial charge is 0.379 e. The quantitative estimate of drug-likeness (QED) is 0.379. The molecule has 0 radical (unpaired) electrons. The summed E-state index contributed by atoms with van der Waals surface area (Å²) < 4.78 is 11.5. The third-order valence-corrected chi connectivity index (χ3v) is 6.42. The van der Waals surface area contributed by atoms with E-state index in [4.69, 9.17) is 9.47 Å². The maximum atomic E-state index is 12.9. The molecule has 2 aliphatic rings. The molecule has 2 fully saturated rings. The summed E-state index contributed by atoms with van der Waals surface area (Å²) in [6.45, 7) is 5.33. The van der Waals surface area contributed by atoms with Crippen LogP contribution in [0.2, 0.25) is 0 Å². The maximum absolute atomic E-state index is 12.9. The number of urea groups is 1. The summed E-state index contributed by atoms with van der Waals surface area (Å²) in [6.07, 6.45) is 12.0. The summed E-state index contributed by atoms with van der Waals surface area (Å²) in [5.41, 5.74) is 0.668. The fraction of sp³-hybridized carbons (Fsp3) is 0.720. The van der Waals surface area contributed by atoms with E-state index in [9.17, 15) is 9.59 Å². The number of amides is 3. The number of carbonyl (C=O) groups excluding carboxylic acids is 2. The van der Waals surface area contributed by atoms with Crippen LogP contribution in [-0.2, 0) is 14.3 Å². The molecule has 3 amide bonds. The van der Waals surface area contributed by atoms with Gasteiger partial charge in [0.25, 0.3) is 0 Å². The van der Waals surface area contributed by atoms with Crippen molar-refractivity contribution in [2.24, 2.45) is 0 Å². The van der Waals surface area contributed by atoms with Crippen molar-refractivity contribution in [2.45, 2.75) is 69.9 Å². The molecule has 2 heterocycles. The molecule has 9 heteroatoms. The Bertz CT molecular complexity index is 709. The first-order chi connectivity index (χ1) is 16.7. The first kappa shape index (κ1) is 26.4. The predicted molar refractivity (Wildman–Crippen MR) is 132 cm³/mol. The molecule has 1 aliphatic heterocycles. The molecule has 1 unspecified atom stereocenters. The van der Waals surface area contributed by atoms with E-state index < -0.39 is 6.10 Å². The van der Waals surface area contributed by atoms with Gasteiger partial charge in [-0.25, -0.2) is 4.79 Å². The Hall–Kier alpha value is -2.23. The number of carbonyl (C=O) groups is 2. The van der Waals surface area contributed by atoms with Crippen LogP contribution in [0, 0.1) is 0 Å². The number of nitrogens with zero attached hydrogens (tertiary/aromatic N) is 2. The molecule has 0 aromatic carbocycles. The van der Waals surface area contributed by atoms with Crippen LogP contribution in [0.5, 0.6) is 0 Å². The van der Waals surface area contributed by atoms with Crippen molar-refractivity contribution in [1.82, 2.24) is 20.5 Å². The van der Waals surface area contributed by atoms with Crippen molar-refractivity contribution in [2.75, 3.05) is 51.3 Å². The molecular formula is C25H41N5O4. The zero-order valence-electron chi connectivity index (χ0n) is 20.3. The van der Waals surface area contributed by atoms with E-state index in [1.165, 1.54) is 19.3 Å². The number of hydrogen-bond donors (Lipinski definition) is 3. The Morgan fingerprint density at radius 1 is 1.15 bits per heavy atom. The maximum Gasteiger partial charge on any atom is 0.319 e. The van der Waals surface area contributed by atoms with Gasteiger partial charge < -0.3 is 25.4 Å². The van der Waals surface area contributed by atoms with Gasteiger partial charge >= 0.3 is 6.03 Å². The highest BCUT2D eigenvalue weighted by Gasteiger charge is 2.23. The summed E-state index contributed by atoms with van der Waals surface area (Å²) in [6, 6.07) is 3.63. The monoisotopic (exact) mass is 475 g/mol. The molecule has 1 aromatic heterocycles. The van der Waals surface area contributed by atoms with Gasteiger partial charge in [0, 0.05) is 38.4 Å². The number of pyridine rings is 1. The fourth-order valence-electron chi connectivity index (χ4n) is 4.43. The van der Waals surface area contributed by atoms with Gasteiger partial charge in [0.2, 0.25) is 5.91 Å². The number of morpholine rings is 1. The number of anilines is 1. The molecule has 3 N–H and O–H groups in total. The lowest BCUT2D eigenvalue weighted by atomic mass is 9.95. The Kier molecular flexibility index (Phi) is 12.1. The van der Waals surface area contributed by atoms with Gasteiger partial charge in [0.1, 0.15) is 6.10 Å². The summed E-state index contributed by atoms with van der Waals surface area (Å²) in [4.78, 5) is 31.2.